The van der Waals surface area contributed by atoms with E-state index in [0.717, 1.165) is 0 Å². The summed E-state index contributed by atoms with van der Waals surface area (Å²) in [7, 11) is -2.21. The summed E-state index contributed by atoms with van der Waals surface area (Å²) in [5.74, 6) is -0.600. The van der Waals surface area contributed by atoms with E-state index in [1.165, 1.54) is 6.33 Å². The maximum atomic E-state index is 12.7. The van der Waals surface area contributed by atoms with Crippen LogP contribution in [-0.2, 0) is 30.0 Å². The molecule has 0 aliphatic rings. The Morgan fingerprint density at radius 1 is 1.10 bits per heavy atom. The lowest BCUT2D eigenvalue weighted by Gasteiger charge is -2.21. The van der Waals surface area contributed by atoms with Crippen LogP contribution in [-0.4, -0.2) is 44.1 Å². The highest BCUT2D eigenvalue weighted by Gasteiger charge is 2.41. The predicted octanol–water partition coefficient (Wildman–Crippen LogP) is 4.39. The number of hydrogen-bond acceptors (Lipinski definition) is 8. The lowest BCUT2D eigenvalue weighted by Crippen LogP contribution is -2.33. The molecule has 0 amide bonds. The third-order valence-corrected chi connectivity index (χ3v) is 5.47. The molecule has 2 rings (SSSR count). The summed E-state index contributed by atoms with van der Waals surface area (Å²) in [4.78, 5) is 39.7. The van der Waals surface area contributed by atoms with Crippen LogP contribution in [0.2, 0.25) is 5.15 Å². The minimum absolute atomic E-state index is 0.0512. The molecule has 0 saturated heterocycles. The van der Waals surface area contributed by atoms with Crippen molar-refractivity contribution in [3.8, 4) is 0 Å². The highest BCUT2D eigenvalue weighted by atomic mass is 35.5. The Balaban J connectivity index is 2.04. The number of halogens is 1. The van der Waals surface area contributed by atoms with Gasteiger partial charge in [-0.25, -0.2) is 15.0 Å². The van der Waals surface area contributed by atoms with Gasteiger partial charge in [0.1, 0.15) is 17.7 Å². The van der Waals surface area contributed by atoms with E-state index in [-0.39, 0.29) is 11.3 Å². The number of allylic oxidation sites excluding steroid dienone is 2. The van der Waals surface area contributed by atoms with Crippen molar-refractivity contribution in [1.82, 2.24) is 19.9 Å². The number of hydrogen-bond donors (Lipinski definition) is 1. The third kappa shape index (κ3) is 7.08. The summed E-state index contributed by atoms with van der Waals surface area (Å²) >= 11 is 5.99. The molecule has 0 fully saturated rings. The number of carbonyl (C=O) groups is 2. The lowest BCUT2D eigenvalue weighted by atomic mass is 9.97. The monoisotopic (exact) mass is 469 g/mol. The molecule has 31 heavy (non-hydrogen) atoms. The molecule has 168 valence electrons. The summed E-state index contributed by atoms with van der Waals surface area (Å²) in [6.45, 7) is 9.97. The van der Waals surface area contributed by atoms with Gasteiger partial charge in [-0.3, -0.25) is 9.59 Å². The average Bonchev–Trinajstić information content (AvgIpc) is 3.07. The molecular formula is C20H27ClN4O5P+. The molecule has 1 atom stereocenters. The zero-order chi connectivity index (χ0) is 23.4. The Bertz CT molecular complexity index is 979. The molecule has 1 N–H and O–H groups in total. The highest BCUT2D eigenvalue weighted by molar-refractivity contribution is 7.45. The van der Waals surface area contributed by atoms with Gasteiger partial charge in [-0.15, -0.1) is 0 Å². The van der Waals surface area contributed by atoms with Gasteiger partial charge in [-0.05, 0) is 47.6 Å². The molecule has 2 aromatic rings. The molecule has 2 aromatic heterocycles. The molecule has 0 bridgehead atoms. The zero-order valence-corrected chi connectivity index (χ0v) is 20.1. The second kappa shape index (κ2) is 9.83. The van der Waals surface area contributed by atoms with E-state index < -0.39 is 36.6 Å². The van der Waals surface area contributed by atoms with Crippen LogP contribution in [0.5, 0.6) is 0 Å². The first-order valence-corrected chi connectivity index (χ1v) is 11.5. The summed E-state index contributed by atoms with van der Waals surface area (Å²) < 4.78 is 23.3. The summed E-state index contributed by atoms with van der Waals surface area (Å²) in [5, 5.41) is 0.278. The second-order valence-corrected chi connectivity index (χ2v) is 10.9. The Morgan fingerprint density at radius 2 is 1.68 bits per heavy atom. The Kier molecular flexibility index (Phi) is 7.89. The summed E-state index contributed by atoms with van der Waals surface area (Å²) in [6, 6.07) is -1.46. The number of imidazole rings is 1. The van der Waals surface area contributed by atoms with Gasteiger partial charge >= 0.3 is 25.8 Å². The molecule has 0 aliphatic carbocycles. The molecular weight excluding hydrogens is 443 g/mol. The second-order valence-electron chi connectivity index (χ2n) is 8.94. The number of nitrogens with zero attached hydrogens (tertiary/aromatic N) is 3. The number of rotatable bonds is 7. The Morgan fingerprint density at radius 3 is 2.19 bits per heavy atom. The molecule has 2 heterocycles. The van der Waals surface area contributed by atoms with Crippen molar-refractivity contribution in [3.63, 3.8) is 0 Å². The number of nitrogens with one attached hydrogen (secondary N) is 1. The van der Waals surface area contributed by atoms with E-state index in [1.54, 1.807) is 53.7 Å². The smallest absolute Gasteiger partial charge is 0.384 e. The standard InChI is InChI=1S/C20H27ClN4O5P/c1-19(2,3)16(26)29-18(30-17(27)20(4,5)6)31(28)10-8-7-9-12-24-13-14(21)22-11-23-15(13)25-12/h7-8,11,18H,9-10H2,1-6H3,(H,22,23,24,25)/q+1/b8-7+. The minimum atomic E-state index is -2.21. The van der Waals surface area contributed by atoms with Crippen LogP contribution in [0.15, 0.2) is 18.5 Å². The van der Waals surface area contributed by atoms with Crippen molar-refractivity contribution in [2.45, 2.75) is 54.0 Å². The van der Waals surface area contributed by atoms with E-state index >= 15 is 0 Å². The van der Waals surface area contributed by atoms with Gasteiger partial charge < -0.3 is 14.5 Å². The molecule has 11 heteroatoms. The third-order valence-electron chi connectivity index (χ3n) is 3.93. The fourth-order valence-electron chi connectivity index (χ4n) is 2.08. The Hall–Kier alpha value is -2.38. The van der Waals surface area contributed by atoms with Crippen LogP contribution >= 0.6 is 19.4 Å². The van der Waals surface area contributed by atoms with Gasteiger partial charge in [0.15, 0.2) is 17.0 Å². The Labute approximate surface area is 186 Å². The first-order chi connectivity index (χ1) is 14.3. The summed E-state index contributed by atoms with van der Waals surface area (Å²) in [5.41, 5.74) is -0.659. The fourth-order valence-corrected chi connectivity index (χ4v) is 3.21. The minimum Gasteiger partial charge on any atom is -0.384 e. The highest BCUT2D eigenvalue weighted by Crippen LogP contribution is 2.34. The molecule has 9 nitrogen and oxygen atoms in total. The number of aromatic nitrogens is 4. The van der Waals surface area contributed by atoms with Crippen molar-refractivity contribution in [2.24, 2.45) is 10.8 Å². The van der Waals surface area contributed by atoms with Crippen LogP contribution in [0.1, 0.15) is 47.4 Å². The average molecular weight is 470 g/mol. The van der Waals surface area contributed by atoms with Crippen molar-refractivity contribution >= 4 is 42.5 Å². The van der Waals surface area contributed by atoms with Crippen LogP contribution in [0.4, 0.5) is 0 Å². The lowest BCUT2D eigenvalue weighted by molar-refractivity contribution is -0.184. The predicted molar refractivity (Wildman–Crippen MR) is 117 cm³/mol. The van der Waals surface area contributed by atoms with E-state index in [4.69, 9.17) is 21.1 Å². The van der Waals surface area contributed by atoms with Crippen LogP contribution in [0.3, 0.4) is 0 Å². The van der Waals surface area contributed by atoms with Gasteiger partial charge in [0.25, 0.3) is 0 Å². The van der Waals surface area contributed by atoms with E-state index in [2.05, 4.69) is 19.9 Å². The number of fused-ring (bicyclic) bond motifs is 1. The largest absolute Gasteiger partial charge is 0.451 e. The van der Waals surface area contributed by atoms with Crippen molar-refractivity contribution in [3.05, 3.63) is 29.5 Å². The van der Waals surface area contributed by atoms with Crippen LogP contribution < -0.4 is 0 Å². The molecule has 0 saturated carbocycles. The van der Waals surface area contributed by atoms with Gasteiger partial charge in [0, 0.05) is 6.42 Å². The SMILES string of the molecule is CC(C)(C)C(=O)OC(OC(=O)C(C)(C)C)[P+](=O)C/C=C/Cc1nc2ncnc(Cl)c2[nH]1. The maximum Gasteiger partial charge on any atom is 0.451 e. The van der Waals surface area contributed by atoms with Gasteiger partial charge in [-0.2, -0.15) is 0 Å². The summed E-state index contributed by atoms with van der Waals surface area (Å²) in [6.07, 6.45) is 5.19. The van der Waals surface area contributed by atoms with Gasteiger partial charge in [0.05, 0.1) is 10.8 Å². The quantitative estimate of drug-likeness (QED) is 0.208. The van der Waals surface area contributed by atoms with E-state index in [9.17, 15) is 14.2 Å². The zero-order valence-electron chi connectivity index (χ0n) is 18.4. The molecule has 0 radical (unpaired) electrons. The number of esters is 2. The molecule has 0 spiro atoms. The van der Waals surface area contributed by atoms with E-state index in [1.807, 2.05) is 0 Å². The van der Waals surface area contributed by atoms with Gasteiger partial charge in [0.2, 0.25) is 0 Å². The van der Waals surface area contributed by atoms with Crippen molar-refractivity contribution in [1.29, 1.82) is 0 Å². The molecule has 0 aromatic carbocycles. The molecule has 1 unspecified atom stereocenters. The van der Waals surface area contributed by atoms with Crippen molar-refractivity contribution < 1.29 is 23.6 Å². The topological polar surface area (TPSA) is 124 Å². The first-order valence-electron chi connectivity index (χ1n) is 9.65. The number of carbonyl (C=O) groups excluding carboxylic acids is 2. The number of aromatic amines is 1. The van der Waals surface area contributed by atoms with Gasteiger partial charge in [-0.1, -0.05) is 22.2 Å². The van der Waals surface area contributed by atoms with Crippen LogP contribution in [0, 0.1) is 10.8 Å². The molecule has 0 aliphatic heterocycles. The maximum absolute atomic E-state index is 12.7. The number of H-pyrrole nitrogens is 1. The fraction of sp³-hybridized carbons (Fsp3) is 0.550. The first kappa shape index (κ1) is 24.9. The normalized spacial score (nSPS) is 13.1. The van der Waals surface area contributed by atoms with Crippen molar-refractivity contribution in [2.75, 3.05) is 6.16 Å². The number of ether oxygens (including phenoxy) is 2. The van der Waals surface area contributed by atoms with E-state index in [0.29, 0.717) is 23.4 Å². The van der Waals surface area contributed by atoms with Crippen LogP contribution in [0.25, 0.3) is 11.2 Å².